The van der Waals surface area contributed by atoms with Crippen molar-refractivity contribution in [3.8, 4) is 5.75 Å². The number of aromatic hydroxyl groups is 1. The number of fused-ring (bicyclic) bond motifs is 1. The van der Waals surface area contributed by atoms with Crippen LogP contribution >= 0.6 is 0 Å². The van der Waals surface area contributed by atoms with Crippen molar-refractivity contribution >= 4 is 22.8 Å². The van der Waals surface area contributed by atoms with Crippen molar-refractivity contribution in [3.63, 3.8) is 0 Å². The van der Waals surface area contributed by atoms with Crippen LogP contribution in [0.1, 0.15) is 16.8 Å². The van der Waals surface area contributed by atoms with Gasteiger partial charge in [-0.2, -0.15) is 0 Å². The average Bonchev–Trinajstić information content (AvgIpc) is 2.37. The Bertz CT molecular complexity index is 733. The maximum atomic E-state index is 11.7. The van der Waals surface area contributed by atoms with Crippen molar-refractivity contribution in [3.05, 3.63) is 40.2 Å². The quantitative estimate of drug-likeness (QED) is 0.708. The molecule has 0 fully saturated rings. The van der Waals surface area contributed by atoms with E-state index in [2.05, 4.69) is 5.32 Å². The second-order valence-electron chi connectivity index (χ2n) is 4.07. The second kappa shape index (κ2) is 5.43. The number of phenolic OH excluding ortho intramolecular Hbond substituents is 1. The van der Waals surface area contributed by atoms with Crippen LogP contribution in [0.15, 0.2) is 33.5 Å². The maximum absolute atomic E-state index is 11.7. The lowest BCUT2D eigenvalue weighted by Crippen LogP contribution is -2.30. The first-order chi connectivity index (χ1) is 9.47. The summed E-state index contributed by atoms with van der Waals surface area (Å²) in [5, 5.41) is 20.5. The number of benzene rings is 1. The van der Waals surface area contributed by atoms with Gasteiger partial charge in [-0.25, -0.2) is 4.79 Å². The lowest BCUT2D eigenvalue weighted by atomic mass is 10.1. The average molecular weight is 277 g/mol. The molecule has 0 aliphatic heterocycles. The Balaban J connectivity index is 2.28. The number of carbonyl (C=O) groups excluding carboxylic acids is 1. The third-order valence-corrected chi connectivity index (χ3v) is 2.59. The highest BCUT2D eigenvalue weighted by Gasteiger charge is 2.13. The Kier molecular flexibility index (Phi) is 3.69. The van der Waals surface area contributed by atoms with Gasteiger partial charge in [0.05, 0.1) is 6.42 Å². The van der Waals surface area contributed by atoms with Gasteiger partial charge in [-0.15, -0.1) is 0 Å². The fourth-order valence-electron chi connectivity index (χ4n) is 1.64. The van der Waals surface area contributed by atoms with Gasteiger partial charge in [0.15, 0.2) is 0 Å². The molecule has 1 aromatic heterocycles. The van der Waals surface area contributed by atoms with E-state index in [-0.39, 0.29) is 29.9 Å². The van der Waals surface area contributed by atoms with E-state index in [1.807, 2.05) is 0 Å². The number of nitrogens with one attached hydrogen (secondary N) is 1. The zero-order valence-corrected chi connectivity index (χ0v) is 10.3. The number of hydrogen-bond acceptors (Lipinski definition) is 5. The first-order valence-electron chi connectivity index (χ1n) is 5.74. The predicted octanol–water partition coefficient (Wildman–Crippen LogP) is 0.703. The summed E-state index contributed by atoms with van der Waals surface area (Å²) in [6.45, 7) is -0.0821. The van der Waals surface area contributed by atoms with Gasteiger partial charge in [0.1, 0.15) is 16.9 Å². The van der Waals surface area contributed by atoms with E-state index in [0.29, 0.717) is 5.39 Å². The number of carbonyl (C=O) groups is 2. The maximum Gasteiger partial charge on any atom is 0.349 e. The van der Waals surface area contributed by atoms with Gasteiger partial charge in [-0.3, -0.25) is 9.59 Å². The molecular formula is C13H11NO6. The summed E-state index contributed by atoms with van der Waals surface area (Å²) < 4.78 is 4.93. The summed E-state index contributed by atoms with van der Waals surface area (Å²) in [5.41, 5.74) is -0.901. The molecule has 20 heavy (non-hydrogen) atoms. The van der Waals surface area contributed by atoms with E-state index in [1.54, 1.807) is 0 Å². The smallest absolute Gasteiger partial charge is 0.349 e. The Hall–Kier alpha value is -2.83. The SMILES string of the molecule is O=C(O)CCNC(=O)c1cc2ccc(O)cc2oc1=O. The van der Waals surface area contributed by atoms with E-state index in [9.17, 15) is 19.5 Å². The number of carboxylic acids is 1. The number of rotatable bonds is 4. The Morgan fingerprint density at radius 1 is 1.25 bits per heavy atom. The molecule has 0 spiro atoms. The Labute approximate surface area is 112 Å². The molecule has 0 atom stereocenters. The molecule has 2 rings (SSSR count). The topological polar surface area (TPSA) is 117 Å². The van der Waals surface area contributed by atoms with Gasteiger partial charge in [0.25, 0.3) is 5.91 Å². The van der Waals surface area contributed by atoms with E-state index in [1.165, 1.54) is 24.3 Å². The van der Waals surface area contributed by atoms with Gasteiger partial charge in [-0.1, -0.05) is 0 Å². The van der Waals surface area contributed by atoms with Crippen LogP contribution in [-0.2, 0) is 4.79 Å². The van der Waals surface area contributed by atoms with Crippen molar-refractivity contribution in [1.82, 2.24) is 5.32 Å². The highest BCUT2D eigenvalue weighted by Crippen LogP contribution is 2.19. The number of phenols is 1. The first-order valence-corrected chi connectivity index (χ1v) is 5.74. The highest BCUT2D eigenvalue weighted by atomic mass is 16.4. The van der Waals surface area contributed by atoms with Crippen LogP contribution in [0.5, 0.6) is 5.75 Å². The van der Waals surface area contributed by atoms with E-state index < -0.39 is 17.5 Å². The second-order valence-corrected chi connectivity index (χ2v) is 4.07. The third kappa shape index (κ3) is 2.94. The molecule has 0 saturated carbocycles. The summed E-state index contributed by atoms with van der Waals surface area (Å²) in [5.74, 6) is -1.80. The van der Waals surface area contributed by atoms with Crippen molar-refractivity contribution in [1.29, 1.82) is 0 Å². The normalized spacial score (nSPS) is 10.4. The third-order valence-electron chi connectivity index (χ3n) is 2.59. The lowest BCUT2D eigenvalue weighted by molar-refractivity contribution is -0.136. The summed E-state index contributed by atoms with van der Waals surface area (Å²) in [6.07, 6.45) is -0.238. The molecular weight excluding hydrogens is 266 g/mol. The summed E-state index contributed by atoms with van der Waals surface area (Å²) in [7, 11) is 0. The van der Waals surface area contributed by atoms with Crippen LogP contribution in [0, 0.1) is 0 Å². The molecule has 0 aliphatic carbocycles. The molecule has 1 heterocycles. The van der Waals surface area contributed by atoms with Crippen LogP contribution in [-0.4, -0.2) is 28.6 Å². The van der Waals surface area contributed by atoms with Crippen LogP contribution in [0.25, 0.3) is 11.0 Å². The number of carboxylic acid groups (broad SMARTS) is 1. The molecule has 7 nitrogen and oxygen atoms in total. The molecule has 0 bridgehead atoms. The summed E-state index contributed by atoms with van der Waals surface area (Å²) in [6, 6.07) is 5.50. The Morgan fingerprint density at radius 2 is 2.00 bits per heavy atom. The standard InChI is InChI=1S/C13H11NO6/c15-8-2-1-7-5-9(13(19)20-10(7)6-8)12(18)14-4-3-11(16)17/h1-2,5-6,15H,3-4H2,(H,14,18)(H,16,17). The van der Waals surface area contributed by atoms with Gasteiger partial charge in [0.2, 0.25) is 0 Å². The zero-order chi connectivity index (χ0) is 14.7. The van der Waals surface area contributed by atoms with Gasteiger partial charge in [0, 0.05) is 18.0 Å². The minimum Gasteiger partial charge on any atom is -0.508 e. The van der Waals surface area contributed by atoms with Gasteiger partial charge >= 0.3 is 11.6 Å². The van der Waals surface area contributed by atoms with Crippen molar-refractivity contribution in [2.24, 2.45) is 0 Å². The molecule has 7 heteroatoms. The molecule has 0 unspecified atom stereocenters. The van der Waals surface area contributed by atoms with E-state index in [0.717, 1.165) is 0 Å². The molecule has 1 amide bonds. The van der Waals surface area contributed by atoms with Gasteiger partial charge in [-0.05, 0) is 18.2 Å². The largest absolute Gasteiger partial charge is 0.508 e. The van der Waals surface area contributed by atoms with Crippen molar-refractivity contribution < 1.29 is 24.2 Å². The monoisotopic (exact) mass is 277 g/mol. The zero-order valence-electron chi connectivity index (χ0n) is 10.3. The Morgan fingerprint density at radius 3 is 2.70 bits per heavy atom. The van der Waals surface area contributed by atoms with Crippen molar-refractivity contribution in [2.45, 2.75) is 6.42 Å². The minimum absolute atomic E-state index is 0.0562. The van der Waals surface area contributed by atoms with Crippen LogP contribution < -0.4 is 10.9 Å². The molecule has 104 valence electrons. The first kappa shape index (κ1) is 13.6. The van der Waals surface area contributed by atoms with Crippen LogP contribution in [0.3, 0.4) is 0 Å². The van der Waals surface area contributed by atoms with E-state index in [4.69, 9.17) is 9.52 Å². The molecule has 2 aromatic rings. The van der Waals surface area contributed by atoms with Crippen LogP contribution in [0.4, 0.5) is 0 Å². The number of aliphatic carboxylic acids is 1. The predicted molar refractivity (Wildman–Crippen MR) is 68.7 cm³/mol. The lowest BCUT2D eigenvalue weighted by Gasteiger charge is -2.04. The molecule has 0 saturated heterocycles. The molecule has 1 aromatic carbocycles. The molecule has 3 N–H and O–H groups in total. The minimum atomic E-state index is -1.05. The van der Waals surface area contributed by atoms with Crippen molar-refractivity contribution in [2.75, 3.05) is 6.54 Å². The summed E-state index contributed by atoms with van der Waals surface area (Å²) in [4.78, 5) is 33.7. The fraction of sp³-hybridized carbons (Fsp3) is 0.154. The highest BCUT2D eigenvalue weighted by molar-refractivity contribution is 5.96. The molecule has 0 radical (unpaired) electrons. The number of hydrogen-bond donors (Lipinski definition) is 3. The number of amides is 1. The van der Waals surface area contributed by atoms with Crippen LogP contribution in [0.2, 0.25) is 0 Å². The van der Waals surface area contributed by atoms with E-state index >= 15 is 0 Å². The molecule has 0 aliphatic rings. The fourth-order valence-corrected chi connectivity index (χ4v) is 1.64. The summed E-state index contributed by atoms with van der Waals surface area (Å²) >= 11 is 0. The van der Waals surface area contributed by atoms with Gasteiger partial charge < -0.3 is 19.9 Å².